The number of aliphatic hydroxyl groups excluding tert-OH is 1. The number of fused-ring (bicyclic) bond motifs is 1. The molecule has 0 fully saturated rings. The summed E-state index contributed by atoms with van der Waals surface area (Å²) in [5.41, 5.74) is 8.21. The number of aliphatic hydroxyl groups is 1. The third kappa shape index (κ3) is 4.93. The van der Waals surface area contributed by atoms with Crippen LogP contribution in [-0.4, -0.2) is 39.1 Å². The molecule has 0 atom stereocenters. The first-order valence-corrected chi connectivity index (χ1v) is 10.7. The molecule has 0 radical (unpaired) electrons. The highest BCUT2D eigenvalue weighted by molar-refractivity contribution is 7.17. The average Bonchev–Trinajstić information content (AvgIpc) is 3.26. The summed E-state index contributed by atoms with van der Waals surface area (Å²) in [5, 5.41) is 14.2. The second-order valence-corrected chi connectivity index (χ2v) is 7.68. The molecule has 164 valence electrons. The molecule has 4 N–H and O–H groups in total. The van der Waals surface area contributed by atoms with E-state index in [2.05, 4.69) is 20.3 Å². The molecular formula is C22H21N5O4S. The molecule has 9 nitrogen and oxygen atoms in total. The molecule has 0 unspecified atom stereocenters. The van der Waals surface area contributed by atoms with Gasteiger partial charge >= 0.3 is 0 Å². The van der Waals surface area contributed by atoms with Crippen LogP contribution in [0.4, 0.5) is 5.82 Å². The molecule has 0 aliphatic carbocycles. The second kappa shape index (κ2) is 10.0. The lowest BCUT2D eigenvalue weighted by atomic mass is 10.1. The Hall–Kier alpha value is -3.76. The largest absolute Gasteiger partial charge is 0.489 e. The van der Waals surface area contributed by atoms with Crippen molar-refractivity contribution in [3.63, 3.8) is 0 Å². The number of amides is 1. The van der Waals surface area contributed by atoms with Gasteiger partial charge in [-0.25, -0.2) is 15.0 Å². The molecule has 0 aliphatic rings. The van der Waals surface area contributed by atoms with Gasteiger partial charge in [-0.2, -0.15) is 0 Å². The lowest BCUT2D eigenvalue weighted by molar-refractivity contribution is 0.0946. The van der Waals surface area contributed by atoms with E-state index in [-0.39, 0.29) is 25.7 Å². The standard InChI is InChI=1S/C22H21N5O4S/c23-21-19-15(12-32-20(19)18(9-27-21)22(29)26-4-5-28)11-31-17-3-1-2-16(6-17)30-10-14-7-24-13-25-8-14/h1-3,6-9,12-13,28H,4-5,10-11H2,(H2,23,27)(H,26,29). The minimum absolute atomic E-state index is 0.136. The van der Waals surface area contributed by atoms with Crippen LogP contribution in [0.1, 0.15) is 21.5 Å². The van der Waals surface area contributed by atoms with Crippen LogP contribution in [0.5, 0.6) is 11.5 Å². The fourth-order valence-electron chi connectivity index (χ4n) is 3.05. The van der Waals surface area contributed by atoms with Gasteiger partial charge in [0.1, 0.15) is 36.9 Å². The first-order valence-electron chi connectivity index (χ1n) is 9.79. The molecule has 0 spiro atoms. The Morgan fingerprint density at radius 3 is 2.62 bits per heavy atom. The van der Waals surface area contributed by atoms with Gasteiger partial charge in [0.05, 0.1) is 16.9 Å². The molecule has 32 heavy (non-hydrogen) atoms. The van der Waals surface area contributed by atoms with E-state index in [1.807, 2.05) is 23.6 Å². The Balaban J connectivity index is 1.47. The van der Waals surface area contributed by atoms with Crippen LogP contribution in [-0.2, 0) is 13.2 Å². The summed E-state index contributed by atoms with van der Waals surface area (Å²) < 4.78 is 12.5. The zero-order valence-electron chi connectivity index (χ0n) is 17.0. The number of nitrogens with two attached hydrogens (primary N) is 1. The highest BCUT2D eigenvalue weighted by atomic mass is 32.1. The Kier molecular flexibility index (Phi) is 6.73. The lowest BCUT2D eigenvalue weighted by Crippen LogP contribution is -2.26. The number of nitrogen functional groups attached to an aromatic ring is 1. The number of nitrogens with zero attached hydrogens (tertiary/aromatic N) is 3. The van der Waals surface area contributed by atoms with E-state index in [4.69, 9.17) is 20.3 Å². The number of ether oxygens (including phenoxy) is 2. The van der Waals surface area contributed by atoms with Crippen LogP contribution in [0, 0.1) is 0 Å². The summed E-state index contributed by atoms with van der Waals surface area (Å²) in [5.74, 6) is 1.32. The molecular weight excluding hydrogens is 430 g/mol. The van der Waals surface area contributed by atoms with E-state index in [1.54, 1.807) is 18.5 Å². The first-order chi connectivity index (χ1) is 15.7. The van der Waals surface area contributed by atoms with Crippen LogP contribution in [0.25, 0.3) is 10.1 Å². The Morgan fingerprint density at radius 2 is 1.88 bits per heavy atom. The van der Waals surface area contributed by atoms with E-state index in [9.17, 15) is 4.79 Å². The minimum atomic E-state index is -0.306. The number of hydrogen-bond donors (Lipinski definition) is 3. The maximum Gasteiger partial charge on any atom is 0.254 e. The quantitative estimate of drug-likeness (QED) is 0.354. The monoisotopic (exact) mass is 451 g/mol. The fraction of sp³-hybridized carbons (Fsp3) is 0.182. The number of thiophene rings is 1. The van der Waals surface area contributed by atoms with Crippen molar-refractivity contribution < 1.29 is 19.4 Å². The van der Waals surface area contributed by atoms with Crippen LogP contribution in [0.3, 0.4) is 0 Å². The van der Waals surface area contributed by atoms with Gasteiger partial charge in [0, 0.05) is 47.7 Å². The summed E-state index contributed by atoms with van der Waals surface area (Å²) in [6.45, 7) is 0.636. The van der Waals surface area contributed by atoms with E-state index in [1.165, 1.54) is 23.9 Å². The normalized spacial score (nSPS) is 10.8. The van der Waals surface area contributed by atoms with Crippen LogP contribution in [0.15, 0.2) is 54.6 Å². The topological polar surface area (TPSA) is 132 Å². The van der Waals surface area contributed by atoms with Crippen molar-refractivity contribution in [3.05, 3.63) is 71.3 Å². The molecule has 1 aromatic carbocycles. The number of carbonyl (C=O) groups is 1. The second-order valence-electron chi connectivity index (χ2n) is 6.80. The number of hydrogen-bond acceptors (Lipinski definition) is 9. The van der Waals surface area contributed by atoms with Crippen LogP contribution >= 0.6 is 11.3 Å². The molecule has 0 aliphatic heterocycles. The number of rotatable bonds is 9. The van der Waals surface area contributed by atoms with E-state index in [0.717, 1.165) is 15.8 Å². The molecule has 0 saturated carbocycles. The minimum Gasteiger partial charge on any atom is -0.489 e. The van der Waals surface area contributed by atoms with Gasteiger partial charge in [-0.1, -0.05) is 6.07 Å². The van der Waals surface area contributed by atoms with Gasteiger partial charge in [-0.15, -0.1) is 11.3 Å². The molecule has 0 bridgehead atoms. The van der Waals surface area contributed by atoms with Gasteiger partial charge in [0.15, 0.2) is 0 Å². The summed E-state index contributed by atoms with van der Waals surface area (Å²) in [6, 6.07) is 7.32. The van der Waals surface area contributed by atoms with Crippen molar-refractivity contribution in [1.29, 1.82) is 0 Å². The SMILES string of the molecule is Nc1ncc(C(=O)NCCO)c2scc(COc3cccc(OCc4cncnc4)c3)c12. The van der Waals surface area contributed by atoms with Crippen molar-refractivity contribution in [2.24, 2.45) is 0 Å². The molecule has 10 heteroatoms. The smallest absolute Gasteiger partial charge is 0.254 e. The van der Waals surface area contributed by atoms with E-state index < -0.39 is 0 Å². The van der Waals surface area contributed by atoms with Crippen molar-refractivity contribution in [2.45, 2.75) is 13.2 Å². The van der Waals surface area contributed by atoms with Gasteiger partial charge in [-0.05, 0) is 17.5 Å². The molecule has 1 amide bonds. The maximum absolute atomic E-state index is 12.4. The van der Waals surface area contributed by atoms with Crippen molar-refractivity contribution in [2.75, 3.05) is 18.9 Å². The number of anilines is 1. The van der Waals surface area contributed by atoms with E-state index >= 15 is 0 Å². The fourth-order valence-corrected chi connectivity index (χ4v) is 4.12. The Labute approximate surface area is 187 Å². The van der Waals surface area contributed by atoms with Crippen molar-refractivity contribution in [1.82, 2.24) is 20.3 Å². The molecule has 4 rings (SSSR count). The van der Waals surface area contributed by atoms with Crippen LogP contribution < -0.4 is 20.5 Å². The molecule has 0 saturated heterocycles. The summed E-state index contributed by atoms with van der Waals surface area (Å²) >= 11 is 1.40. The highest BCUT2D eigenvalue weighted by Crippen LogP contribution is 2.33. The number of aromatic nitrogens is 3. The number of benzene rings is 1. The van der Waals surface area contributed by atoms with Gasteiger partial charge in [0.25, 0.3) is 5.91 Å². The zero-order chi connectivity index (χ0) is 22.3. The Bertz CT molecular complexity index is 1220. The highest BCUT2D eigenvalue weighted by Gasteiger charge is 2.17. The maximum atomic E-state index is 12.4. The number of pyridine rings is 1. The number of carbonyl (C=O) groups excluding carboxylic acids is 1. The Morgan fingerprint density at radius 1 is 1.12 bits per heavy atom. The van der Waals surface area contributed by atoms with Gasteiger partial charge in [-0.3, -0.25) is 4.79 Å². The zero-order valence-corrected chi connectivity index (χ0v) is 17.8. The van der Waals surface area contributed by atoms with Crippen molar-refractivity contribution >= 4 is 33.1 Å². The van der Waals surface area contributed by atoms with Gasteiger partial charge < -0.3 is 25.6 Å². The average molecular weight is 452 g/mol. The first kappa shape index (κ1) is 21.5. The molecule has 3 heterocycles. The summed E-state index contributed by atoms with van der Waals surface area (Å²) in [7, 11) is 0. The molecule has 3 aromatic heterocycles. The predicted molar refractivity (Wildman–Crippen MR) is 121 cm³/mol. The van der Waals surface area contributed by atoms with Gasteiger partial charge in [0.2, 0.25) is 0 Å². The van der Waals surface area contributed by atoms with Crippen LogP contribution in [0.2, 0.25) is 0 Å². The number of nitrogens with one attached hydrogen (secondary N) is 1. The third-order valence-corrected chi connectivity index (χ3v) is 5.62. The van der Waals surface area contributed by atoms with E-state index in [0.29, 0.717) is 34.9 Å². The summed E-state index contributed by atoms with van der Waals surface area (Å²) in [6.07, 6.45) is 6.32. The lowest BCUT2D eigenvalue weighted by Gasteiger charge is -2.10. The summed E-state index contributed by atoms with van der Waals surface area (Å²) in [4.78, 5) is 24.5. The predicted octanol–water partition coefficient (Wildman–Crippen LogP) is 2.55. The molecule has 4 aromatic rings. The van der Waals surface area contributed by atoms with Crippen molar-refractivity contribution in [3.8, 4) is 11.5 Å². The third-order valence-electron chi connectivity index (χ3n) is 4.56.